The average molecular weight is 467 g/mol. The molecule has 0 aliphatic heterocycles. The molecule has 0 aromatic carbocycles. The first-order valence-corrected chi connectivity index (χ1v) is 10.9. The molecule has 1 aliphatic carbocycles. The number of halogens is 1. The van der Waals surface area contributed by atoms with Crippen molar-refractivity contribution in [1.29, 1.82) is 0 Å². The Kier molecular flexibility index (Phi) is 11.5. The lowest BCUT2D eigenvalue weighted by Crippen LogP contribution is -2.33. The van der Waals surface area contributed by atoms with Crippen LogP contribution in [0.25, 0.3) is 0 Å². The molecule has 6 heteroatoms. The first-order chi connectivity index (χ1) is 13.9. The van der Waals surface area contributed by atoms with Crippen molar-refractivity contribution in [2.45, 2.75) is 70.8 Å². The third-order valence-corrected chi connectivity index (χ3v) is 5.13. The summed E-state index contributed by atoms with van der Waals surface area (Å²) in [7, 11) is 1.37. The molecule has 1 atom stereocenters. The number of hydrogen-bond donors (Lipinski definition) is 0. The van der Waals surface area contributed by atoms with Gasteiger partial charge in [0.2, 0.25) is 0 Å². The molecule has 29 heavy (non-hydrogen) atoms. The van der Waals surface area contributed by atoms with E-state index in [2.05, 4.69) is 33.7 Å². The predicted octanol–water partition coefficient (Wildman–Crippen LogP) is 5.50. The highest BCUT2D eigenvalue weighted by molar-refractivity contribution is 9.12. The number of hydrogen-bond acceptors (Lipinski definition) is 5. The minimum absolute atomic E-state index is 0.190. The maximum Gasteiger partial charge on any atom is 0.305 e. The Morgan fingerprint density at radius 2 is 1.86 bits per heavy atom. The Bertz CT molecular complexity index is 702. The Labute approximate surface area is 182 Å². The first kappa shape index (κ1) is 25.1. The number of allylic oxidation sites excluding steroid dienone is 5. The van der Waals surface area contributed by atoms with Gasteiger partial charge < -0.3 is 9.47 Å². The van der Waals surface area contributed by atoms with E-state index in [4.69, 9.17) is 4.74 Å². The summed E-state index contributed by atoms with van der Waals surface area (Å²) in [6.07, 6.45) is 17.6. The van der Waals surface area contributed by atoms with Gasteiger partial charge in [-0.3, -0.25) is 14.4 Å². The normalized spacial score (nSPS) is 20.6. The van der Waals surface area contributed by atoms with Crippen molar-refractivity contribution >= 4 is 33.7 Å². The topological polar surface area (TPSA) is 69.7 Å². The molecule has 0 aromatic heterocycles. The van der Waals surface area contributed by atoms with Crippen LogP contribution in [0, 0.1) is 0 Å². The van der Waals surface area contributed by atoms with Crippen molar-refractivity contribution in [2.75, 3.05) is 7.11 Å². The number of ketones is 1. The molecule has 1 rings (SSSR count). The molecule has 0 saturated carbocycles. The molecule has 0 heterocycles. The number of methoxy groups -OCH3 is 1. The second-order valence-corrected chi connectivity index (χ2v) is 7.81. The molecule has 160 valence electrons. The molecular formula is C23H31BrO5. The van der Waals surface area contributed by atoms with E-state index < -0.39 is 11.6 Å². The van der Waals surface area contributed by atoms with E-state index in [1.807, 2.05) is 12.2 Å². The van der Waals surface area contributed by atoms with E-state index in [1.165, 1.54) is 20.5 Å². The Hall–Kier alpha value is -1.95. The second kappa shape index (κ2) is 13.3. The van der Waals surface area contributed by atoms with Crippen LogP contribution in [0.5, 0.6) is 0 Å². The largest absolute Gasteiger partial charge is 0.469 e. The molecule has 0 spiro atoms. The van der Waals surface area contributed by atoms with Gasteiger partial charge in [-0.05, 0) is 47.7 Å². The fraction of sp³-hybridized carbons (Fsp3) is 0.522. The third kappa shape index (κ3) is 8.52. The van der Waals surface area contributed by atoms with Gasteiger partial charge in [-0.25, -0.2) is 0 Å². The summed E-state index contributed by atoms with van der Waals surface area (Å²) in [5.74, 6) is -0.871. The Morgan fingerprint density at radius 1 is 1.14 bits per heavy atom. The Morgan fingerprint density at radius 3 is 2.52 bits per heavy atom. The molecule has 0 amide bonds. The van der Waals surface area contributed by atoms with Crippen LogP contribution < -0.4 is 0 Å². The van der Waals surface area contributed by atoms with Crippen molar-refractivity contribution in [3.63, 3.8) is 0 Å². The number of Topliss-reactive ketones (excluding diaryl/α,β-unsaturated/α-hetero) is 1. The summed E-state index contributed by atoms with van der Waals surface area (Å²) >= 11 is 3.29. The van der Waals surface area contributed by atoms with Crippen LogP contribution in [0.4, 0.5) is 0 Å². The fourth-order valence-electron chi connectivity index (χ4n) is 3.05. The summed E-state index contributed by atoms with van der Waals surface area (Å²) in [5.41, 5.74) is -0.679. The predicted molar refractivity (Wildman–Crippen MR) is 118 cm³/mol. The molecule has 1 aliphatic rings. The summed E-state index contributed by atoms with van der Waals surface area (Å²) in [6, 6.07) is 0. The van der Waals surface area contributed by atoms with E-state index >= 15 is 0 Å². The van der Waals surface area contributed by atoms with Gasteiger partial charge >= 0.3 is 11.9 Å². The van der Waals surface area contributed by atoms with Gasteiger partial charge in [-0.15, -0.1) is 0 Å². The standard InChI is InChI=1S/C23H31BrO5/c1-4-5-6-7-10-13-16-23(29-18(2)25)17-20(24)22(27)19(23)14-11-8-9-12-15-21(26)28-3/h8,10-11,13-14,17H,4-7,9,12,15-16H2,1-3H3/b11-8+,13-10-,19-14+/t23-/m1/s1. The molecule has 0 bridgehead atoms. The van der Waals surface area contributed by atoms with Crippen molar-refractivity contribution in [3.05, 3.63) is 46.5 Å². The molecule has 0 radical (unpaired) electrons. The van der Waals surface area contributed by atoms with Gasteiger partial charge in [0, 0.05) is 25.3 Å². The van der Waals surface area contributed by atoms with Gasteiger partial charge in [0.05, 0.1) is 11.6 Å². The van der Waals surface area contributed by atoms with Gasteiger partial charge in [0.1, 0.15) is 0 Å². The monoisotopic (exact) mass is 466 g/mol. The molecule has 5 nitrogen and oxygen atoms in total. The number of unbranched alkanes of at least 4 members (excludes halogenated alkanes) is 4. The summed E-state index contributed by atoms with van der Waals surface area (Å²) < 4.78 is 10.6. The zero-order valence-corrected chi connectivity index (χ0v) is 19.1. The third-order valence-electron chi connectivity index (χ3n) is 4.54. The van der Waals surface area contributed by atoms with E-state index in [1.54, 1.807) is 18.2 Å². The number of rotatable bonds is 12. The summed E-state index contributed by atoms with van der Waals surface area (Å²) in [4.78, 5) is 35.5. The van der Waals surface area contributed by atoms with Crippen LogP contribution in [0.3, 0.4) is 0 Å². The van der Waals surface area contributed by atoms with Crippen LogP contribution in [-0.4, -0.2) is 30.4 Å². The molecule has 0 unspecified atom stereocenters. The zero-order valence-electron chi connectivity index (χ0n) is 17.5. The number of ether oxygens (including phenoxy) is 2. The quantitative estimate of drug-likeness (QED) is 0.164. The SMILES string of the molecule is CCCCC/C=C\C[C@@]1(OC(C)=O)C=C(Br)C(=O)/C1=C\C=C\CCCC(=O)OC. The van der Waals surface area contributed by atoms with Crippen molar-refractivity contribution < 1.29 is 23.9 Å². The van der Waals surface area contributed by atoms with Gasteiger partial charge in [-0.1, -0.05) is 50.1 Å². The molecule has 0 aromatic rings. The smallest absolute Gasteiger partial charge is 0.305 e. The van der Waals surface area contributed by atoms with Crippen LogP contribution in [-0.2, 0) is 23.9 Å². The van der Waals surface area contributed by atoms with Crippen LogP contribution in [0.1, 0.15) is 65.2 Å². The molecular weight excluding hydrogens is 436 g/mol. The van der Waals surface area contributed by atoms with Crippen LogP contribution in [0.15, 0.2) is 46.5 Å². The van der Waals surface area contributed by atoms with E-state index in [0.29, 0.717) is 35.7 Å². The lowest BCUT2D eigenvalue weighted by molar-refractivity contribution is -0.149. The first-order valence-electron chi connectivity index (χ1n) is 10.1. The molecule has 0 N–H and O–H groups in total. The fourth-order valence-corrected chi connectivity index (χ4v) is 3.64. The lowest BCUT2D eigenvalue weighted by atomic mass is 9.91. The van der Waals surface area contributed by atoms with E-state index in [-0.39, 0.29) is 11.8 Å². The van der Waals surface area contributed by atoms with Gasteiger partial charge in [-0.2, -0.15) is 0 Å². The minimum Gasteiger partial charge on any atom is -0.469 e. The second-order valence-electron chi connectivity index (χ2n) is 6.95. The summed E-state index contributed by atoms with van der Waals surface area (Å²) in [5, 5.41) is 0. The van der Waals surface area contributed by atoms with E-state index in [9.17, 15) is 14.4 Å². The van der Waals surface area contributed by atoms with Crippen molar-refractivity contribution in [3.8, 4) is 0 Å². The minimum atomic E-state index is -1.10. The highest BCUT2D eigenvalue weighted by atomic mass is 79.9. The molecule has 0 saturated heterocycles. The highest BCUT2D eigenvalue weighted by Crippen LogP contribution is 2.40. The maximum atomic E-state index is 12.6. The number of esters is 2. The molecule has 0 fully saturated rings. The van der Waals surface area contributed by atoms with Gasteiger partial charge in [0.25, 0.3) is 0 Å². The van der Waals surface area contributed by atoms with Crippen LogP contribution >= 0.6 is 15.9 Å². The number of carbonyl (C=O) groups is 3. The highest BCUT2D eigenvalue weighted by Gasteiger charge is 2.44. The van der Waals surface area contributed by atoms with Gasteiger partial charge in [0.15, 0.2) is 11.4 Å². The summed E-state index contributed by atoms with van der Waals surface area (Å²) in [6.45, 7) is 3.50. The maximum absolute atomic E-state index is 12.6. The lowest BCUT2D eigenvalue weighted by Gasteiger charge is -2.27. The van der Waals surface area contributed by atoms with Crippen molar-refractivity contribution in [2.24, 2.45) is 0 Å². The van der Waals surface area contributed by atoms with Crippen molar-refractivity contribution in [1.82, 2.24) is 0 Å². The number of carbonyl (C=O) groups excluding carboxylic acids is 3. The Balaban J connectivity index is 2.90. The van der Waals surface area contributed by atoms with Crippen LogP contribution in [0.2, 0.25) is 0 Å². The zero-order chi connectivity index (χ0) is 21.7. The average Bonchev–Trinajstić information content (AvgIpc) is 2.90. The van der Waals surface area contributed by atoms with E-state index in [0.717, 1.165) is 19.3 Å².